The lowest BCUT2D eigenvalue weighted by molar-refractivity contribution is -0.129. The first-order valence-corrected chi connectivity index (χ1v) is 14.2. The van der Waals surface area contributed by atoms with Crippen LogP contribution < -0.4 is 10.6 Å². The van der Waals surface area contributed by atoms with Gasteiger partial charge < -0.3 is 20.1 Å². The van der Waals surface area contributed by atoms with Crippen molar-refractivity contribution in [3.63, 3.8) is 0 Å². The molecule has 4 aromatic carbocycles. The molecule has 10 heteroatoms. The van der Waals surface area contributed by atoms with E-state index in [0.717, 1.165) is 33.4 Å². The highest BCUT2D eigenvalue weighted by atomic mass is 16.5. The summed E-state index contributed by atoms with van der Waals surface area (Å²) in [5, 5.41) is 8.42. The number of hydrogen-bond acceptors (Lipinski definition) is 5. The number of nitrogens with zero attached hydrogens (tertiary/aromatic N) is 3. The lowest BCUT2D eigenvalue weighted by atomic mass is 9.98. The summed E-state index contributed by atoms with van der Waals surface area (Å²) in [4.78, 5) is 41.7. The minimum atomic E-state index is -1.20. The van der Waals surface area contributed by atoms with E-state index in [2.05, 4.69) is 20.7 Å². The number of ether oxygens (including phenoxy) is 2. The molecule has 0 heterocycles. The Kier molecular flexibility index (Phi) is 9.99. The highest BCUT2D eigenvalue weighted by molar-refractivity contribution is 5.92. The molecule has 2 N–H and O–H groups in total. The zero-order valence-corrected chi connectivity index (χ0v) is 23.8. The lowest BCUT2D eigenvalue weighted by Crippen LogP contribution is -2.54. The van der Waals surface area contributed by atoms with Gasteiger partial charge in [-0.3, -0.25) is 9.59 Å². The zero-order chi connectivity index (χ0) is 30.7. The van der Waals surface area contributed by atoms with Crippen molar-refractivity contribution in [2.24, 2.45) is 5.11 Å². The summed E-state index contributed by atoms with van der Waals surface area (Å²) in [7, 11) is 0. The van der Waals surface area contributed by atoms with Crippen LogP contribution in [0.5, 0.6) is 0 Å². The van der Waals surface area contributed by atoms with Gasteiger partial charge in [0.2, 0.25) is 11.8 Å². The number of benzene rings is 4. The molecular weight excluding hydrogens is 558 g/mol. The van der Waals surface area contributed by atoms with Crippen LogP contribution in [0.3, 0.4) is 0 Å². The fraction of sp³-hybridized carbons (Fsp3) is 0.206. The fourth-order valence-corrected chi connectivity index (χ4v) is 5.27. The van der Waals surface area contributed by atoms with E-state index in [1.54, 1.807) is 24.3 Å². The molecule has 0 saturated carbocycles. The van der Waals surface area contributed by atoms with Crippen LogP contribution in [0.4, 0.5) is 4.79 Å². The Morgan fingerprint density at radius 3 is 1.93 bits per heavy atom. The van der Waals surface area contributed by atoms with Crippen LogP contribution in [0, 0.1) is 0 Å². The van der Waals surface area contributed by atoms with Gasteiger partial charge in [-0.15, -0.1) is 0 Å². The monoisotopic (exact) mass is 589 g/mol. The van der Waals surface area contributed by atoms with Gasteiger partial charge in [0.1, 0.15) is 12.6 Å². The highest BCUT2D eigenvalue weighted by Crippen LogP contribution is 2.44. The third kappa shape index (κ3) is 7.49. The van der Waals surface area contributed by atoms with Crippen LogP contribution in [0.15, 0.2) is 114 Å². The minimum Gasteiger partial charge on any atom is -0.449 e. The van der Waals surface area contributed by atoms with Gasteiger partial charge in [0.05, 0.1) is 19.3 Å². The molecular formula is C34H31N5O5. The number of hydrogen-bond donors (Lipinski definition) is 2. The van der Waals surface area contributed by atoms with Gasteiger partial charge in [0, 0.05) is 10.8 Å². The number of alkyl carbamates (subject to hydrolysis) is 1. The molecule has 5 rings (SSSR count). The summed E-state index contributed by atoms with van der Waals surface area (Å²) in [5.74, 6) is -1.70. The molecule has 0 bridgehead atoms. The second-order valence-electron chi connectivity index (χ2n) is 10.3. The summed E-state index contributed by atoms with van der Waals surface area (Å²) in [6.45, 7) is 0.0614. The molecule has 10 nitrogen and oxygen atoms in total. The van der Waals surface area contributed by atoms with Crippen molar-refractivity contribution in [3.8, 4) is 11.1 Å². The van der Waals surface area contributed by atoms with Gasteiger partial charge in [-0.1, -0.05) is 109 Å². The maximum Gasteiger partial charge on any atom is 0.407 e. The van der Waals surface area contributed by atoms with Crippen LogP contribution in [0.2, 0.25) is 0 Å². The predicted octanol–water partition coefficient (Wildman–Crippen LogP) is 5.67. The van der Waals surface area contributed by atoms with Crippen molar-refractivity contribution in [2.75, 3.05) is 13.2 Å². The van der Waals surface area contributed by atoms with Crippen molar-refractivity contribution in [1.82, 2.24) is 10.6 Å². The van der Waals surface area contributed by atoms with Crippen LogP contribution in [-0.2, 0) is 32.1 Å². The summed E-state index contributed by atoms with van der Waals surface area (Å²) < 4.78 is 11.4. The van der Waals surface area contributed by atoms with E-state index in [0.29, 0.717) is 0 Å². The molecule has 0 unspecified atom stereocenters. The van der Waals surface area contributed by atoms with E-state index in [-0.39, 0.29) is 32.2 Å². The topological polar surface area (TPSA) is 142 Å². The number of amides is 3. The second-order valence-corrected chi connectivity index (χ2v) is 10.3. The first kappa shape index (κ1) is 30.0. The Morgan fingerprint density at radius 1 is 0.750 bits per heavy atom. The molecule has 0 spiro atoms. The summed E-state index contributed by atoms with van der Waals surface area (Å²) >= 11 is 0. The van der Waals surface area contributed by atoms with Gasteiger partial charge in [0.25, 0.3) is 0 Å². The Morgan fingerprint density at radius 2 is 1.32 bits per heavy atom. The van der Waals surface area contributed by atoms with E-state index >= 15 is 0 Å². The molecule has 44 heavy (non-hydrogen) atoms. The normalized spacial score (nSPS) is 13.0. The Bertz CT molecular complexity index is 1610. The van der Waals surface area contributed by atoms with Gasteiger partial charge in [-0.05, 0) is 50.4 Å². The number of carbonyl (C=O) groups excluding carboxylic acids is 3. The number of carbonyl (C=O) groups is 3. The SMILES string of the molecule is [N-]=[N+]=NC(=O)[C@H](Cc1ccccc1)NC(=O)[C@H](COCc1ccccc1)NC(=O)OCC1c2ccccc2-c2ccccc21. The van der Waals surface area contributed by atoms with Crippen molar-refractivity contribution >= 4 is 17.9 Å². The third-order valence-electron chi connectivity index (χ3n) is 7.39. The Hall–Kier alpha value is -5.44. The molecule has 2 atom stereocenters. The van der Waals surface area contributed by atoms with E-state index in [1.807, 2.05) is 84.9 Å². The predicted molar refractivity (Wildman–Crippen MR) is 164 cm³/mol. The first-order valence-electron chi connectivity index (χ1n) is 14.2. The van der Waals surface area contributed by atoms with E-state index in [9.17, 15) is 14.4 Å². The summed E-state index contributed by atoms with van der Waals surface area (Å²) in [5.41, 5.74) is 14.8. The van der Waals surface area contributed by atoms with Crippen LogP contribution in [0.1, 0.15) is 28.2 Å². The minimum absolute atomic E-state index is 0.0606. The van der Waals surface area contributed by atoms with Crippen molar-refractivity contribution in [1.29, 1.82) is 0 Å². The highest BCUT2D eigenvalue weighted by Gasteiger charge is 2.31. The number of fused-ring (bicyclic) bond motifs is 3. The maximum absolute atomic E-state index is 13.5. The molecule has 0 aliphatic heterocycles. The van der Waals surface area contributed by atoms with Crippen molar-refractivity contribution in [2.45, 2.75) is 31.0 Å². The smallest absolute Gasteiger partial charge is 0.407 e. The number of nitrogens with one attached hydrogen (secondary N) is 2. The average molecular weight is 590 g/mol. The van der Waals surface area contributed by atoms with Crippen molar-refractivity contribution in [3.05, 3.63) is 142 Å². The average Bonchev–Trinajstić information content (AvgIpc) is 3.37. The molecule has 1 aliphatic carbocycles. The second kappa shape index (κ2) is 14.6. The number of azide groups is 1. The largest absolute Gasteiger partial charge is 0.449 e. The van der Waals surface area contributed by atoms with Gasteiger partial charge >= 0.3 is 6.09 Å². The van der Waals surface area contributed by atoms with E-state index in [1.165, 1.54) is 0 Å². The van der Waals surface area contributed by atoms with Crippen LogP contribution in [-0.4, -0.2) is 43.2 Å². The molecule has 222 valence electrons. The molecule has 3 amide bonds. The summed E-state index contributed by atoms with van der Waals surface area (Å²) in [6.07, 6.45) is -0.719. The number of rotatable bonds is 12. The zero-order valence-electron chi connectivity index (χ0n) is 23.8. The van der Waals surface area contributed by atoms with E-state index < -0.39 is 30.0 Å². The Balaban J connectivity index is 1.28. The van der Waals surface area contributed by atoms with E-state index in [4.69, 9.17) is 15.0 Å². The third-order valence-corrected chi connectivity index (χ3v) is 7.39. The van der Waals surface area contributed by atoms with Gasteiger partial charge in [0.15, 0.2) is 0 Å². The van der Waals surface area contributed by atoms with Crippen molar-refractivity contribution < 1.29 is 23.9 Å². The lowest BCUT2D eigenvalue weighted by Gasteiger charge is -2.22. The standard InChI is InChI=1S/C34H31N5O5/c35-39-38-33(41)30(19-23-11-3-1-4-12-23)36-32(40)31(22-43-20-24-13-5-2-6-14-24)37-34(42)44-21-29-27-17-9-7-15-25(27)26-16-8-10-18-28(26)29/h1-18,29-31H,19-22H2,(H,36,40)(H,37,42)/t30-,31-/m0/s1. The molecule has 0 radical (unpaired) electrons. The molecule has 1 aliphatic rings. The van der Waals surface area contributed by atoms with Gasteiger partial charge in [-0.2, -0.15) is 0 Å². The molecule has 4 aromatic rings. The van der Waals surface area contributed by atoms with Crippen LogP contribution >= 0.6 is 0 Å². The molecule has 0 aromatic heterocycles. The Labute approximate surface area is 254 Å². The molecule has 0 saturated heterocycles. The maximum atomic E-state index is 13.5. The quantitative estimate of drug-likeness (QED) is 0.124. The summed E-state index contributed by atoms with van der Waals surface area (Å²) in [6, 6.07) is 32.0. The van der Waals surface area contributed by atoms with Crippen LogP contribution in [0.25, 0.3) is 21.6 Å². The first-order chi connectivity index (χ1) is 21.5. The van der Waals surface area contributed by atoms with Gasteiger partial charge in [-0.25, -0.2) is 4.79 Å². The fourth-order valence-electron chi connectivity index (χ4n) is 5.27. The molecule has 0 fully saturated rings.